The Morgan fingerprint density at radius 1 is 0.962 bits per heavy atom. The summed E-state index contributed by atoms with van der Waals surface area (Å²) in [5, 5.41) is 0. The Morgan fingerprint density at radius 2 is 1.69 bits per heavy atom. The summed E-state index contributed by atoms with van der Waals surface area (Å²) >= 11 is 1.69. The lowest BCUT2D eigenvalue weighted by atomic mass is 9.97. The molecule has 4 rings (SSSR count). The molecule has 0 spiro atoms. The molecule has 3 heteroatoms. The third kappa shape index (κ3) is 3.93. The van der Waals surface area contributed by atoms with Gasteiger partial charge in [-0.1, -0.05) is 55.6 Å². The van der Waals surface area contributed by atoms with Crippen molar-refractivity contribution in [2.45, 2.75) is 61.2 Å². The van der Waals surface area contributed by atoms with E-state index in [1.54, 1.807) is 11.8 Å². The van der Waals surface area contributed by atoms with Gasteiger partial charge < -0.3 is 0 Å². The van der Waals surface area contributed by atoms with Gasteiger partial charge >= 0.3 is 0 Å². The average molecular weight is 365 g/mol. The van der Waals surface area contributed by atoms with Gasteiger partial charge in [0.05, 0.1) is 0 Å². The summed E-state index contributed by atoms with van der Waals surface area (Å²) in [6.07, 6.45) is 8.49. The van der Waals surface area contributed by atoms with Gasteiger partial charge in [-0.2, -0.15) is 0 Å². The first-order chi connectivity index (χ1) is 12.7. The smallest absolute Gasteiger partial charge is 0.163 e. The number of hydrogen-bond acceptors (Lipinski definition) is 3. The number of carbonyl (C=O) groups excluding carboxylic acids is 2. The largest absolute Gasteiger partial charge is 0.294 e. The van der Waals surface area contributed by atoms with Crippen LogP contribution in [0.2, 0.25) is 0 Å². The fourth-order valence-electron chi connectivity index (χ4n) is 4.12. The molecule has 1 fully saturated rings. The van der Waals surface area contributed by atoms with E-state index >= 15 is 0 Å². The normalized spacial score (nSPS) is 16.8. The van der Waals surface area contributed by atoms with E-state index in [0.29, 0.717) is 12.8 Å². The Hall–Kier alpha value is -1.87. The zero-order valence-electron chi connectivity index (χ0n) is 15.0. The van der Waals surface area contributed by atoms with Gasteiger partial charge in [-0.3, -0.25) is 9.59 Å². The first-order valence-corrected chi connectivity index (χ1v) is 10.5. The number of rotatable bonds is 6. The molecule has 0 aromatic heterocycles. The molecule has 0 saturated heterocycles. The molecule has 0 heterocycles. The fraction of sp³-hybridized carbons (Fsp3) is 0.391. The van der Waals surface area contributed by atoms with Crippen molar-refractivity contribution in [3.63, 3.8) is 0 Å². The lowest BCUT2D eigenvalue weighted by Crippen LogP contribution is -2.02. The van der Waals surface area contributed by atoms with Gasteiger partial charge in [0.15, 0.2) is 11.6 Å². The molecule has 134 valence electrons. The highest BCUT2D eigenvalue weighted by Crippen LogP contribution is 2.33. The lowest BCUT2D eigenvalue weighted by molar-refractivity contribution is 0.0971. The molecule has 2 nitrogen and oxygen atoms in total. The molecular weight excluding hydrogens is 340 g/mol. The molecule has 2 aliphatic carbocycles. The van der Waals surface area contributed by atoms with Gasteiger partial charge in [0.2, 0.25) is 0 Å². The Balaban J connectivity index is 1.37. The van der Waals surface area contributed by atoms with Crippen LogP contribution in [0.4, 0.5) is 0 Å². The summed E-state index contributed by atoms with van der Waals surface area (Å²) in [5.74, 6) is 1.29. The predicted molar refractivity (Wildman–Crippen MR) is 105 cm³/mol. The zero-order chi connectivity index (χ0) is 17.9. The highest BCUT2D eigenvalue weighted by Gasteiger charge is 2.19. The molecule has 2 aromatic rings. The van der Waals surface area contributed by atoms with E-state index in [1.165, 1.54) is 31.2 Å². The Morgan fingerprint density at radius 3 is 2.46 bits per heavy atom. The minimum absolute atomic E-state index is 0.261. The minimum Gasteiger partial charge on any atom is -0.294 e. The monoisotopic (exact) mass is 364 g/mol. The highest BCUT2D eigenvalue weighted by atomic mass is 32.2. The van der Waals surface area contributed by atoms with E-state index in [4.69, 9.17) is 0 Å². The molecule has 2 aliphatic rings. The molecule has 2 aromatic carbocycles. The molecule has 0 radical (unpaired) electrons. The first kappa shape index (κ1) is 17.5. The van der Waals surface area contributed by atoms with Crippen molar-refractivity contribution in [3.05, 3.63) is 59.2 Å². The van der Waals surface area contributed by atoms with Crippen LogP contribution in [0.5, 0.6) is 0 Å². The van der Waals surface area contributed by atoms with Crippen LogP contribution in [0.1, 0.15) is 71.2 Å². The van der Waals surface area contributed by atoms with Crippen molar-refractivity contribution in [1.82, 2.24) is 0 Å². The Labute approximate surface area is 159 Å². The summed E-state index contributed by atoms with van der Waals surface area (Å²) in [4.78, 5) is 26.4. The van der Waals surface area contributed by atoms with Crippen molar-refractivity contribution in [1.29, 1.82) is 0 Å². The van der Waals surface area contributed by atoms with Crippen molar-refractivity contribution < 1.29 is 9.59 Å². The maximum absolute atomic E-state index is 12.4. The number of Topliss-reactive ketones (excluding diaryl/α,β-unsaturated/α-hetero) is 2. The number of aryl methyl sites for hydroxylation is 1. The van der Waals surface area contributed by atoms with Crippen molar-refractivity contribution in [3.8, 4) is 0 Å². The second-order valence-electron chi connectivity index (χ2n) is 7.48. The molecule has 0 amide bonds. The molecule has 0 unspecified atom stereocenters. The van der Waals surface area contributed by atoms with Gasteiger partial charge in [-0.25, -0.2) is 0 Å². The van der Waals surface area contributed by atoms with Crippen molar-refractivity contribution >= 4 is 23.3 Å². The maximum Gasteiger partial charge on any atom is 0.163 e. The summed E-state index contributed by atoms with van der Waals surface area (Å²) in [5.41, 5.74) is 2.88. The molecule has 0 N–H and O–H groups in total. The van der Waals surface area contributed by atoms with E-state index in [9.17, 15) is 9.59 Å². The lowest BCUT2D eigenvalue weighted by Gasteiger charge is -2.08. The topological polar surface area (TPSA) is 34.1 Å². The number of ketones is 2. The fourth-order valence-corrected chi connectivity index (χ4v) is 5.00. The van der Waals surface area contributed by atoms with Gasteiger partial charge in [0.25, 0.3) is 0 Å². The molecule has 0 atom stereocenters. The van der Waals surface area contributed by atoms with Gasteiger partial charge in [0, 0.05) is 33.8 Å². The van der Waals surface area contributed by atoms with E-state index in [1.807, 2.05) is 36.4 Å². The van der Waals surface area contributed by atoms with Crippen LogP contribution >= 0.6 is 11.8 Å². The summed E-state index contributed by atoms with van der Waals surface area (Å²) in [6, 6.07) is 14.1. The second kappa shape index (κ2) is 7.79. The first-order valence-electron chi connectivity index (χ1n) is 9.66. The van der Waals surface area contributed by atoms with E-state index in [-0.39, 0.29) is 11.6 Å². The highest BCUT2D eigenvalue weighted by molar-refractivity contribution is 7.99. The molecule has 1 saturated carbocycles. The quantitative estimate of drug-likeness (QED) is 0.579. The Bertz CT molecular complexity index is 817. The van der Waals surface area contributed by atoms with Crippen LogP contribution in [0.3, 0.4) is 0 Å². The van der Waals surface area contributed by atoms with Crippen LogP contribution in [0, 0.1) is 5.92 Å². The SMILES string of the molecule is O=C(CCC1CCCC1)c1ccc(Sc2ccc3c(c2)CCC3=O)cc1. The van der Waals surface area contributed by atoms with Crippen LogP contribution in [-0.4, -0.2) is 11.6 Å². The number of fused-ring (bicyclic) bond motifs is 1. The van der Waals surface area contributed by atoms with E-state index in [2.05, 4.69) is 6.07 Å². The van der Waals surface area contributed by atoms with Gasteiger partial charge in [-0.15, -0.1) is 0 Å². The molecule has 0 bridgehead atoms. The van der Waals surface area contributed by atoms with E-state index < -0.39 is 0 Å². The summed E-state index contributed by atoms with van der Waals surface area (Å²) in [6.45, 7) is 0. The Kier molecular flexibility index (Phi) is 5.26. The van der Waals surface area contributed by atoms with Crippen molar-refractivity contribution in [2.24, 2.45) is 5.92 Å². The van der Waals surface area contributed by atoms with Crippen molar-refractivity contribution in [2.75, 3.05) is 0 Å². The third-order valence-electron chi connectivity index (χ3n) is 5.66. The summed E-state index contributed by atoms with van der Waals surface area (Å²) < 4.78 is 0. The number of carbonyl (C=O) groups is 2. The maximum atomic E-state index is 12.4. The third-order valence-corrected chi connectivity index (χ3v) is 6.66. The minimum atomic E-state index is 0.261. The standard InChI is InChI=1S/C23H24O2S/c24-22(13-5-16-3-1-2-4-16)17-6-9-19(10-7-17)26-20-11-12-21-18(15-20)8-14-23(21)25/h6-7,9-12,15-16H,1-5,8,13-14H2. The molecule has 26 heavy (non-hydrogen) atoms. The molecule has 0 aliphatic heterocycles. The molecular formula is C23H24O2S. The predicted octanol–water partition coefficient (Wildman–Crippen LogP) is 6.12. The number of hydrogen-bond donors (Lipinski definition) is 0. The average Bonchev–Trinajstić information content (AvgIpc) is 3.30. The van der Waals surface area contributed by atoms with Gasteiger partial charge in [0.1, 0.15) is 0 Å². The van der Waals surface area contributed by atoms with E-state index in [0.717, 1.165) is 39.7 Å². The summed E-state index contributed by atoms with van der Waals surface area (Å²) in [7, 11) is 0. The number of benzene rings is 2. The van der Waals surface area contributed by atoms with Gasteiger partial charge in [-0.05, 0) is 48.6 Å². The van der Waals surface area contributed by atoms with Crippen LogP contribution in [0.15, 0.2) is 52.3 Å². The van der Waals surface area contributed by atoms with Crippen LogP contribution < -0.4 is 0 Å². The van der Waals surface area contributed by atoms with Crippen LogP contribution in [-0.2, 0) is 6.42 Å². The zero-order valence-corrected chi connectivity index (χ0v) is 15.8. The van der Waals surface area contributed by atoms with Crippen LogP contribution in [0.25, 0.3) is 0 Å². The second-order valence-corrected chi connectivity index (χ2v) is 8.63.